The van der Waals surface area contributed by atoms with Gasteiger partial charge in [0.1, 0.15) is 0 Å². The second-order valence-corrected chi connectivity index (χ2v) is 7.29. The van der Waals surface area contributed by atoms with E-state index in [0.717, 1.165) is 32.6 Å². The number of nitrogens with zero attached hydrogens (tertiary/aromatic N) is 2. The molecule has 0 saturated carbocycles. The number of nitrogens with one attached hydrogen (secondary N) is 1. The molecule has 0 fully saturated rings. The number of H-pyrrole nitrogens is 1. The Morgan fingerprint density at radius 1 is 1.35 bits per heavy atom. The van der Waals surface area contributed by atoms with E-state index < -0.39 is 5.97 Å². The van der Waals surface area contributed by atoms with E-state index in [4.69, 9.17) is 16.7 Å². The largest absolute Gasteiger partial charge is 0.481 e. The molecule has 2 heterocycles. The van der Waals surface area contributed by atoms with Gasteiger partial charge in [-0.05, 0) is 42.3 Å². The van der Waals surface area contributed by atoms with Gasteiger partial charge in [-0.3, -0.25) is 9.89 Å². The number of thioether (sulfide) groups is 1. The van der Waals surface area contributed by atoms with Crippen LogP contribution >= 0.6 is 34.7 Å². The fourth-order valence-corrected chi connectivity index (χ4v) is 3.79. The summed E-state index contributed by atoms with van der Waals surface area (Å²) in [4.78, 5) is 16.9. The lowest BCUT2D eigenvalue weighted by molar-refractivity contribution is -0.133. The van der Waals surface area contributed by atoms with Crippen molar-refractivity contribution >= 4 is 40.7 Å². The number of aliphatic carboxylic acids is 1. The van der Waals surface area contributed by atoms with Gasteiger partial charge in [-0.15, -0.1) is 16.4 Å². The van der Waals surface area contributed by atoms with Crippen LogP contribution < -0.4 is 0 Å². The standard InChI is InChI=1S/C15H12ClN3O2S2/c1-8-4-9(6-10(16)5-8)11-2-3-12(23-11)14-17-15(19-18-14)22-7-13(20)21/h2-6H,7H2,1H3,(H,20,21)(H,17,18,19). The Bertz CT molecular complexity index is 840. The summed E-state index contributed by atoms with van der Waals surface area (Å²) in [5.41, 5.74) is 2.17. The minimum Gasteiger partial charge on any atom is -0.481 e. The lowest BCUT2D eigenvalue weighted by Gasteiger charge is -2.00. The highest BCUT2D eigenvalue weighted by Gasteiger charge is 2.11. The Kier molecular flexibility index (Phi) is 4.70. The third kappa shape index (κ3) is 3.93. The van der Waals surface area contributed by atoms with Gasteiger partial charge in [-0.2, -0.15) is 0 Å². The van der Waals surface area contributed by atoms with Crippen molar-refractivity contribution in [2.45, 2.75) is 12.1 Å². The molecule has 0 bridgehead atoms. The van der Waals surface area contributed by atoms with Crippen LogP contribution in [0.15, 0.2) is 35.5 Å². The van der Waals surface area contributed by atoms with Gasteiger partial charge in [0.15, 0.2) is 5.82 Å². The maximum Gasteiger partial charge on any atom is 0.313 e. The Balaban J connectivity index is 1.83. The third-order valence-electron chi connectivity index (χ3n) is 2.96. The first-order chi connectivity index (χ1) is 11.0. The lowest BCUT2D eigenvalue weighted by Crippen LogP contribution is -1.97. The van der Waals surface area contributed by atoms with E-state index in [2.05, 4.69) is 21.2 Å². The average Bonchev–Trinajstić information content (AvgIpc) is 3.13. The summed E-state index contributed by atoms with van der Waals surface area (Å²) in [6.07, 6.45) is 0. The zero-order valence-electron chi connectivity index (χ0n) is 12.0. The molecule has 23 heavy (non-hydrogen) atoms. The van der Waals surface area contributed by atoms with E-state index in [-0.39, 0.29) is 5.75 Å². The minimum absolute atomic E-state index is 0.0607. The van der Waals surface area contributed by atoms with Crippen LogP contribution in [0, 0.1) is 6.92 Å². The first-order valence-corrected chi connectivity index (χ1v) is 8.84. The van der Waals surface area contributed by atoms with Gasteiger partial charge in [-0.25, -0.2) is 4.98 Å². The first kappa shape index (κ1) is 16.0. The van der Waals surface area contributed by atoms with Gasteiger partial charge in [0.25, 0.3) is 0 Å². The highest BCUT2D eigenvalue weighted by atomic mass is 35.5. The van der Waals surface area contributed by atoms with Crippen molar-refractivity contribution in [2.24, 2.45) is 0 Å². The second kappa shape index (κ2) is 6.74. The summed E-state index contributed by atoms with van der Waals surface area (Å²) in [6.45, 7) is 2.01. The quantitative estimate of drug-likeness (QED) is 0.657. The number of benzene rings is 1. The number of aromatic nitrogens is 3. The number of aromatic amines is 1. The molecule has 8 heteroatoms. The summed E-state index contributed by atoms with van der Waals surface area (Å²) in [7, 11) is 0. The highest BCUT2D eigenvalue weighted by molar-refractivity contribution is 7.99. The lowest BCUT2D eigenvalue weighted by atomic mass is 10.1. The van der Waals surface area contributed by atoms with Gasteiger partial charge in [0.05, 0.1) is 10.6 Å². The van der Waals surface area contributed by atoms with Crippen LogP contribution in [0.3, 0.4) is 0 Å². The van der Waals surface area contributed by atoms with Crippen LogP contribution in [0.1, 0.15) is 5.56 Å². The van der Waals surface area contributed by atoms with E-state index >= 15 is 0 Å². The van der Waals surface area contributed by atoms with Crippen molar-refractivity contribution in [2.75, 3.05) is 5.75 Å². The molecule has 0 saturated heterocycles. The molecular formula is C15H12ClN3O2S2. The number of halogens is 1. The van der Waals surface area contributed by atoms with Gasteiger partial charge < -0.3 is 5.11 Å². The molecule has 5 nitrogen and oxygen atoms in total. The van der Waals surface area contributed by atoms with Crippen LogP contribution in [0.5, 0.6) is 0 Å². The molecule has 0 unspecified atom stereocenters. The Morgan fingerprint density at radius 2 is 2.13 bits per heavy atom. The monoisotopic (exact) mass is 365 g/mol. The summed E-state index contributed by atoms with van der Waals surface area (Å²) in [6, 6.07) is 9.90. The number of thiophene rings is 1. The van der Waals surface area contributed by atoms with Crippen LogP contribution in [-0.4, -0.2) is 32.0 Å². The number of carbonyl (C=O) groups is 1. The molecule has 0 aliphatic heterocycles. The molecule has 3 rings (SSSR count). The number of carboxylic acid groups (broad SMARTS) is 1. The molecule has 0 spiro atoms. The Hall–Kier alpha value is -1.83. The molecule has 0 atom stereocenters. The molecule has 1 aromatic carbocycles. The predicted octanol–water partition coefficient (Wildman–Crippen LogP) is 4.34. The predicted molar refractivity (Wildman–Crippen MR) is 93.2 cm³/mol. The van der Waals surface area contributed by atoms with Crippen molar-refractivity contribution in [3.05, 3.63) is 40.9 Å². The van der Waals surface area contributed by atoms with E-state index in [0.29, 0.717) is 16.0 Å². The normalized spacial score (nSPS) is 10.9. The van der Waals surface area contributed by atoms with Crippen LogP contribution in [-0.2, 0) is 4.79 Å². The zero-order chi connectivity index (χ0) is 16.4. The van der Waals surface area contributed by atoms with Crippen molar-refractivity contribution in [1.82, 2.24) is 15.2 Å². The smallest absolute Gasteiger partial charge is 0.313 e. The second-order valence-electron chi connectivity index (χ2n) is 4.83. The van der Waals surface area contributed by atoms with Gasteiger partial charge in [0.2, 0.25) is 5.16 Å². The number of hydrogen-bond acceptors (Lipinski definition) is 5. The van der Waals surface area contributed by atoms with Crippen LogP contribution in [0.25, 0.3) is 21.1 Å². The van der Waals surface area contributed by atoms with E-state index in [1.165, 1.54) is 0 Å². The summed E-state index contributed by atoms with van der Waals surface area (Å²) in [5, 5.41) is 16.7. The molecule has 0 amide bonds. The summed E-state index contributed by atoms with van der Waals surface area (Å²) in [5.74, 6) is -0.321. The number of hydrogen-bond donors (Lipinski definition) is 2. The maximum atomic E-state index is 10.6. The molecular weight excluding hydrogens is 354 g/mol. The average molecular weight is 366 g/mol. The topological polar surface area (TPSA) is 78.9 Å². The van der Waals surface area contributed by atoms with Crippen LogP contribution in [0.2, 0.25) is 5.02 Å². The molecule has 2 N–H and O–H groups in total. The van der Waals surface area contributed by atoms with Gasteiger partial charge >= 0.3 is 5.97 Å². The number of carboxylic acids is 1. The van der Waals surface area contributed by atoms with E-state index in [1.54, 1.807) is 11.3 Å². The molecule has 3 aromatic rings. The van der Waals surface area contributed by atoms with Crippen LogP contribution in [0.4, 0.5) is 0 Å². The van der Waals surface area contributed by atoms with Crippen molar-refractivity contribution in [1.29, 1.82) is 0 Å². The fourth-order valence-electron chi connectivity index (χ4n) is 2.05. The summed E-state index contributed by atoms with van der Waals surface area (Å²) < 4.78 is 0. The maximum absolute atomic E-state index is 10.6. The Labute approximate surface area is 145 Å². The van der Waals surface area contributed by atoms with Crippen molar-refractivity contribution < 1.29 is 9.90 Å². The molecule has 0 radical (unpaired) electrons. The third-order valence-corrected chi connectivity index (χ3v) is 5.15. The first-order valence-electron chi connectivity index (χ1n) is 6.66. The van der Waals surface area contributed by atoms with Gasteiger partial charge in [0, 0.05) is 9.90 Å². The van der Waals surface area contributed by atoms with Crippen molar-refractivity contribution in [3.63, 3.8) is 0 Å². The number of rotatable bonds is 5. The molecule has 0 aliphatic carbocycles. The van der Waals surface area contributed by atoms with Gasteiger partial charge in [-0.1, -0.05) is 29.4 Å². The zero-order valence-corrected chi connectivity index (χ0v) is 14.4. The number of aryl methyl sites for hydroxylation is 1. The van der Waals surface area contributed by atoms with Crippen molar-refractivity contribution in [3.8, 4) is 21.1 Å². The van der Waals surface area contributed by atoms with E-state index in [9.17, 15) is 4.79 Å². The molecule has 2 aromatic heterocycles. The molecule has 118 valence electrons. The highest BCUT2D eigenvalue weighted by Crippen LogP contribution is 2.34. The fraction of sp³-hybridized carbons (Fsp3) is 0.133. The van der Waals surface area contributed by atoms with E-state index in [1.807, 2.05) is 31.2 Å². The Morgan fingerprint density at radius 3 is 2.87 bits per heavy atom. The molecule has 0 aliphatic rings. The SMILES string of the molecule is Cc1cc(Cl)cc(-c2ccc(-c3nc(SCC(=O)O)n[nH]3)s2)c1. The summed E-state index contributed by atoms with van der Waals surface area (Å²) >= 11 is 8.77. The minimum atomic E-state index is -0.893.